The minimum absolute atomic E-state index is 0.198. The van der Waals surface area contributed by atoms with Crippen LogP contribution in [0.3, 0.4) is 0 Å². The van der Waals surface area contributed by atoms with E-state index in [9.17, 15) is 4.79 Å². The molecule has 78 valence electrons. The number of aliphatic imine (C=N–C) groups is 1. The molecule has 1 heterocycles. The van der Waals surface area contributed by atoms with Crippen molar-refractivity contribution in [3.63, 3.8) is 0 Å². The maximum Gasteiger partial charge on any atom is 0.147 e. The average Bonchev–Trinajstić information content (AvgIpc) is 2.29. The normalized spacial score (nSPS) is 18.7. The summed E-state index contributed by atoms with van der Waals surface area (Å²) in [4.78, 5) is 17.3. The van der Waals surface area contributed by atoms with Crippen molar-refractivity contribution >= 4 is 34.2 Å². The van der Waals surface area contributed by atoms with E-state index in [1.54, 1.807) is 6.34 Å². The summed E-state index contributed by atoms with van der Waals surface area (Å²) < 4.78 is 0. The molecule has 1 aromatic carbocycles. The molecule has 1 atom stereocenters. The van der Waals surface area contributed by atoms with E-state index >= 15 is 0 Å². The third kappa shape index (κ3) is 1.95. The van der Waals surface area contributed by atoms with Gasteiger partial charge in [-0.05, 0) is 6.07 Å². The van der Waals surface area contributed by atoms with Crippen molar-refractivity contribution in [2.75, 3.05) is 11.9 Å². The van der Waals surface area contributed by atoms with Crippen molar-refractivity contribution in [2.45, 2.75) is 6.04 Å². The number of hydrogen-bond donors (Lipinski definition) is 0. The van der Waals surface area contributed by atoms with Crippen LogP contribution in [0.5, 0.6) is 0 Å². The van der Waals surface area contributed by atoms with Crippen molar-refractivity contribution in [2.24, 2.45) is 4.99 Å². The van der Waals surface area contributed by atoms with Crippen LogP contribution in [0, 0.1) is 0 Å². The highest BCUT2D eigenvalue weighted by Crippen LogP contribution is 2.31. The van der Waals surface area contributed by atoms with Crippen LogP contribution < -0.4 is 0 Å². The molecule has 0 aliphatic carbocycles. The van der Waals surface area contributed by atoms with E-state index in [-0.39, 0.29) is 6.04 Å². The monoisotopic (exact) mass is 266 g/mol. The molecule has 4 heteroatoms. The van der Waals surface area contributed by atoms with E-state index in [1.807, 2.05) is 29.2 Å². The fourth-order valence-corrected chi connectivity index (χ4v) is 2.10. The number of fused-ring (bicyclic) bond motifs is 1. The van der Waals surface area contributed by atoms with Gasteiger partial charge in [0.2, 0.25) is 0 Å². The molecule has 0 radical (unpaired) electrons. The molecule has 0 fully saturated rings. The number of halogens is 1. The molecule has 0 N–H and O–H groups in total. The van der Waals surface area contributed by atoms with Crippen LogP contribution >= 0.6 is 15.9 Å². The summed E-state index contributed by atoms with van der Waals surface area (Å²) in [6, 6.07) is 7.54. The number of hydrogen-bond acceptors (Lipinski definition) is 3. The Morgan fingerprint density at radius 1 is 1.47 bits per heavy atom. The second kappa shape index (κ2) is 4.57. The van der Waals surface area contributed by atoms with Gasteiger partial charge in [0, 0.05) is 17.4 Å². The lowest BCUT2D eigenvalue weighted by molar-refractivity contribution is -0.111. The Bertz CT molecular complexity index is 392. The van der Waals surface area contributed by atoms with Crippen LogP contribution in [-0.2, 0) is 4.79 Å². The molecule has 1 aromatic rings. The van der Waals surface area contributed by atoms with Gasteiger partial charge in [0.05, 0.1) is 12.0 Å². The fourth-order valence-electron chi connectivity index (χ4n) is 1.69. The highest BCUT2D eigenvalue weighted by Gasteiger charge is 2.22. The quantitative estimate of drug-likeness (QED) is 0.621. The van der Waals surface area contributed by atoms with Crippen LogP contribution in [0.2, 0.25) is 0 Å². The van der Waals surface area contributed by atoms with Crippen molar-refractivity contribution in [1.29, 1.82) is 0 Å². The van der Waals surface area contributed by atoms with Crippen molar-refractivity contribution in [1.82, 2.24) is 4.90 Å². The second-order valence-corrected chi connectivity index (χ2v) is 4.10. The number of carbonyl (C=O) groups excluding carboxylic acids is 1. The molecule has 0 amide bonds. The molecule has 0 bridgehead atoms. The summed E-state index contributed by atoms with van der Waals surface area (Å²) in [5.41, 5.74) is 1.87. The van der Waals surface area contributed by atoms with E-state index in [2.05, 4.69) is 20.9 Å². The lowest BCUT2D eigenvalue weighted by Gasteiger charge is -2.29. The molecule has 1 aliphatic heterocycles. The summed E-state index contributed by atoms with van der Waals surface area (Å²) in [5, 5.41) is 0.825. The zero-order chi connectivity index (χ0) is 10.7. The molecule has 15 heavy (non-hydrogen) atoms. The van der Waals surface area contributed by atoms with Crippen LogP contribution in [0.25, 0.3) is 0 Å². The number of carbonyl (C=O) groups is 1. The topological polar surface area (TPSA) is 32.7 Å². The first kappa shape index (κ1) is 10.4. The van der Waals surface area contributed by atoms with E-state index in [0.717, 1.165) is 29.4 Å². The fraction of sp³-hybridized carbons (Fsp3) is 0.273. The zero-order valence-electron chi connectivity index (χ0n) is 8.14. The Labute approximate surface area is 96.9 Å². The molecule has 3 nitrogen and oxygen atoms in total. The molecule has 0 spiro atoms. The van der Waals surface area contributed by atoms with Crippen molar-refractivity contribution in [3.8, 4) is 0 Å². The van der Waals surface area contributed by atoms with Gasteiger partial charge < -0.3 is 9.69 Å². The van der Waals surface area contributed by atoms with Gasteiger partial charge in [-0.1, -0.05) is 34.1 Å². The molecule has 0 saturated heterocycles. The number of alkyl halides is 1. The third-order valence-electron chi connectivity index (χ3n) is 2.43. The molecule has 0 saturated carbocycles. The Hall–Kier alpha value is -1.16. The summed E-state index contributed by atoms with van der Waals surface area (Å²) in [5.74, 6) is 0. The van der Waals surface area contributed by atoms with E-state index in [4.69, 9.17) is 0 Å². The van der Waals surface area contributed by atoms with Gasteiger partial charge in [-0.3, -0.25) is 0 Å². The lowest BCUT2D eigenvalue weighted by atomic mass is 10.0. The molecule has 2 rings (SSSR count). The molecule has 1 aliphatic rings. The largest absolute Gasteiger partial charge is 0.348 e. The van der Waals surface area contributed by atoms with Gasteiger partial charge in [0.15, 0.2) is 0 Å². The van der Waals surface area contributed by atoms with Gasteiger partial charge in [0.1, 0.15) is 12.3 Å². The SMILES string of the molecule is O=CC1c2ccccc2N=CN1CCBr. The number of rotatable bonds is 3. The predicted octanol–water partition coefficient (Wildman–Crippen LogP) is 2.30. The highest BCUT2D eigenvalue weighted by atomic mass is 79.9. The maximum absolute atomic E-state index is 11.1. The number of aldehydes is 1. The Balaban J connectivity index is 2.37. The van der Waals surface area contributed by atoms with Gasteiger partial charge >= 0.3 is 0 Å². The summed E-state index contributed by atoms with van der Waals surface area (Å²) >= 11 is 3.36. The first-order chi connectivity index (χ1) is 7.36. The van der Waals surface area contributed by atoms with E-state index < -0.39 is 0 Å². The Morgan fingerprint density at radius 3 is 3.00 bits per heavy atom. The smallest absolute Gasteiger partial charge is 0.147 e. The Morgan fingerprint density at radius 2 is 2.27 bits per heavy atom. The number of para-hydroxylation sites is 1. The van der Waals surface area contributed by atoms with Gasteiger partial charge in [-0.15, -0.1) is 0 Å². The molecular weight excluding hydrogens is 256 g/mol. The summed E-state index contributed by atoms with van der Waals surface area (Å²) in [7, 11) is 0. The minimum Gasteiger partial charge on any atom is -0.348 e. The first-order valence-corrected chi connectivity index (χ1v) is 5.89. The average molecular weight is 267 g/mol. The summed E-state index contributed by atoms with van der Waals surface area (Å²) in [6.45, 7) is 0.779. The molecular formula is C11H11BrN2O. The predicted molar refractivity (Wildman–Crippen MR) is 63.9 cm³/mol. The van der Waals surface area contributed by atoms with Gasteiger partial charge in [0.25, 0.3) is 0 Å². The highest BCUT2D eigenvalue weighted by molar-refractivity contribution is 9.09. The lowest BCUT2D eigenvalue weighted by Crippen LogP contribution is -2.32. The number of nitrogens with zero attached hydrogens (tertiary/aromatic N) is 2. The first-order valence-electron chi connectivity index (χ1n) is 4.77. The standard InChI is InChI=1S/C11H11BrN2O/c12-5-6-14-8-13-10-4-2-1-3-9(10)11(14)7-15/h1-4,7-8,11H,5-6H2. The van der Waals surface area contributed by atoms with Crippen LogP contribution in [0.15, 0.2) is 29.3 Å². The second-order valence-electron chi connectivity index (χ2n) is 3.31. The van der Waals surface area contributed by atoms with Crippen LogP contribution in [0.4, 0.5) is 5.69 Å². The Kier molecular flexibility index (Phi) is 3.16. The van der Waals surface area contributed by atoms with Crippen LogP contribution in [-0.4, -0.2) is 29.4 Å². The van der Waals surface area contributed by atoms with Gasteiger partial charge in [-0.2, -0.15) is 0 Å². The number of benzene rings is 1. The van der Waals surface area contributed by atoms with E-state index in [0.29, 0.717) is 0 Å². The third-order valence-corrected chi connectivity index (χ3v) is 2.78. The van der Waals surface area contributed by atoms with Crippen molar-refractivity contribution < 1.29 is 4.79 Å². The van der Waals surface area contributed by atoms with E-state index in [1.165, 1.54) is 0 Å². The molecule has 0 aromatic heterocycles. The minimum atomic E-state index is -0.198. The van der Waals surface area contributed by atoms with Crippen LogP contribution in [0.1, 0.15) is 11.6 Å². The van der Waals surface area contributed by atoms with Crippen molar-refractivity contribution in [3.05, 3.63) is 29.8 Å². The zero-order valence-corrected chi connectivity index (χ0v) is 9.72. The maximum atomic E-state index is 11.1. The van der Waals surface area contributed by atoms with Gasteiger partial charge in [-0.25, -0.2) is 4.99 Å². The summed E-state index contributed by atoms with van der Waals surface area (Å²) in [6.07, 6.45) is 2.70. The molecule has 1 unspecified atom stereocenters.